The summed E-state index contributed by atoms with van der Waals surface area (Å²) in [5, 5.41) is 12.9. The summed E-state index contributed by atoms with van der Waals surface area (Å²) < 4.78 is 0. The lowest BCUT2D eigenvalue weighted by atomic mass is 10.2. The number of nitrogens with zero attached hydrogens (tertiary/aromatic N) is 1. The van der Waals surface area contributed by atoms with Gasteiger partial charge in [0.1, 0.15) is 0 Å². The zero-order valence-electron chi connectivity index (χ0n) is 9.24. The summed E-state index contributed by atoms with van der Waals surface area (Å²) in [5.74, 6) is 0. The number of nitrogens with two attached hydrogens (primary N) is 1. The van der Waals surface area contributed by atoms with Crippen molar-refractivity contribution in [2.24, 2.45) is 0 Å². The second kappa shape index (κ2) is 5.18. The van der Waals surface area contributed by atoms with Crippen molar-refractivity contribution < 1.29 is 0 Å². The van der Waals surface area contributed by atoms with Crippen LogP contribution in [0.15, 0.2) is 36.4 Å². The standard InChI is InChI=1S/C13H9Cl2N3/c14-9-4-10(15)6-11(5-9)18-13-2-1-8(7-16)3-12(13)17/h1-6,18H,17H2. The van der Waals surface area contributed by atoms with Gasteiger partial charge < -0.3 is 11.1 Å². The van der Waals surface area contributed by atoms with E-state index in [2.05, 4.69) is 5.32 Å². The summed E-state index contributed by atoms with van der Waals surface area (Å²) in [4.78, 5) is 0. The molecule has 0 unspecified atom stereocenters. The van der Waals surface area contributed by atoms with Crippen molar-refractivity contribution in [3.05, 3.63) is 52.0 Å². The fraction of sp³-hybridized carbons (Fsp3) is 0. The molecule has 0 aromatic heterocycles. The van der Waals surface area contributed by atoms with Gasteiger partial charge in [0.2, 0.25) is 0 Å². The minimum absolute atomic E-state index is 0.491. The van der Waals surface area contributed by atoms with Gasteiger partial charge in [-0.3, -0.25) is 0 Å². The molecule has 2 aromatic carbocycles. The first-order valence-corrected chi connectivity index (χ1v) is 5.87. The average Bonchev–Trinajstić information content (AvgIpc) is 2.30. The summed E-state index contributed by atoms with van der Waals surface area (Å²) >= 11 is 11.8. The first kappa shape index (κ1) is 12.6. The van der Waals surface area contributed by atoms with Crippen molar-refractivity contribution in [2.75, 3.05) is 11.1 Å². The highest BCUT2D eigenvalue weighted by molar-refractivity contribution is 6.35. The van der Waals surface area contributed by atoms with Crippen LogP contribution in [-0.4, -0.2) is 0 Å². The first-order valence-electron chi connectivity index (χ1n) is 5.11. The van der Waals surface area contributed by atoms with Gasteiger partial charge in [0.15, 0.2) is 0 Å². The number of halogens is 2. The summed E-state index contributed by atoms with van der Waals surface area (Å²) in [5.41, 5.74) is 8.29. The molecule has 0 saturated carbocycles. The molecule has 0 spiro atoms. The molecule has 0 heterocycles. The number of nitriles is 1. The lowest BCUT2D eigenvalue weighted by Crippen LogP contribution is -1.96. The largest absolute Gasteiger partial charge is 0.397 e. The van der Waals surface area contributed by atoms with Crippen LogP contribution in [0.3, 0.4) is 0 Å². The van der Waals surface area contributed by atoms with Crippen LogP contribution in [0.5, 0.6) is 0 Å². The number of hydrogen-bond donors (Lipinski definition) is 2. The Balaban J connectivity index is 2.31. The van der Waals surface area contributed by atoms with Crippen molar-refractivity contribution in [1.82, 2.24) is 0 Å². The highest BCUT2D eigenvalue weighted by atomic mass is 35.5. The molecule has 2 rings (SSSR count). The molecule has 0 aliphatic carbocycles. The molecule has 2 aromatic rings. The van der Waals surface area contributed by atoms with E-state index in [0.717, 1.165) is 5.69 Å². The van der Waals surface area contributed by atoms with Crippen molar-refractivity contribution >= 4 is 40.3 Å². The van der Waals surface area contributed by atoms with Gasteiger partial charge in [-0.15, -0.1) is 0 Å². The maximum atomic E-state index is 8.75. The third-order valence-electron chi connectivity index (χ3n) is 2.32. The molecule has 0 saturated heterocycles. The number of benzene rings is 2. The normalized spacial score (nSPS) is 9.83. The highest BCUT2D eigenvalue weighted by Crippen LogP contribution is 2.28. The van der Waals surface area contributed by atoms with E-state index >= 15 is 0 Å². The van der Waals surface area contributed by atoms with E-state index in [1.54, 1.807) is 36.4 Å². The molecule has 0 bridgehead atoms. The first-order chi connectivity index (χ1) is 8.58. The minimum Gasteiger partial charge on any atom is -0.397 e. The predicted octanol–water partition coefficient (Wildman–Crippen LogP) is 4.19. The summed E-state index contributed by atoms with van der Waals surface area (Å²) in [6, 6.07) is 12.2. The smallest absolute Gasteiger partial charge is 0.0992 e. The highest BCUT2D eigenvalue weighted by Gasteiger charge is 2.03. The quantitative estimate of drug-likeness (QED) is 0.809. The van der Waals surface area contributed by atoms with Gasteiger partial charge in [-0.05, 0) is 36.4 Å². The SMILES string of the molecule is N#Cc1ccc(Nc2cc(Cl)cc(Cl)c2)c(N)c1. The fourth-order valence-electron chi connectivity index (χ4n) is 1.53. The maximum absolute atomic E-state index is 8.75. The number of nitrogen functional groups attached to an aromatic ring is 1. The van der Waals surface area contributed by atoms with Gasteiger partial charge in [0, 0.05) is 15.7 Å². The van der Waals surface area contributed by atoms with E-state index < -0.39 is 0 Å². The molecule has 0 aliphatic rings. The van der Waals surface area contributed by atoms with Crippen molar-refractivity contribution in [1.29, 1.82) is 5.26 Å². The Morgan fingerprint density at radius 3 is 2.28 bits per heavy atom. The topological polar surface area (TPSA) is 61.8 Å². The zero-order chi connectivity index (χ0) is 13.1. The Labute approximate surface area is 115 Å². The molecule has 90 valence electrons. The molecular weight excluding hydrogens is 269 g/mol. The predicted molar refractivity (Wildman–Crippen MR) is 75.3 cm³/mol. The van der Waals surface area contributed by atoms with Crippen LogP contribution in [0.4, 0.5) is 17.1 Å². The molecule has 0 radical (unpaired) electrons. The molecule has 18 heavy (non-hydrogen) atoms. The van der Waals surface area contributed by atoms with E-state index in [0.29, 0.717) is 27.0 Å². The Hall–Kier alpha value is -1.89. The van der Waals surface area contributed by atoms with Gasteiger partial charge in [0.05, 0.1) is 23.0 Å². The van der Waals surface area contributed by atoms with Gasteiger partial charge in [-0.1, -0.05) is 23.2 Å². The van der Waals surface area contributed by atoms with E-state index in [-0.39, 0.29) is 0 Å². The summed E-state index contributed by atoms with van der Waals surface area (Å²) in [7, 11) is 0. The van der Waals surface area contributed by atoms with E-state index in [1.807, 2.05) is 6.07 Å². The van der Waals surface area contributed by atoms with Gasteiger partial charge in [-0.2, -0.15) is 5.26 Å². The van der Waals surface area contributed by atoms with Gasteiger partial charge >= 0.3 is 0 Å². The van der Waals surface area contributed by atoms with Crippen LogP contribution in [0.25, 0.3) is 0 Å². The summed E-state index contributed by atoms with van der Waals surface area (Å²) in [6.45, 7) is 0. The van der Waals surface area contributed by atoms with E-state index in [9.17, 15) is 0 Å². The van der Waals surface area contributed by atoms with Gasteiger partial charge in [0.25, 0.3) is 0 Å². The van der Waals surface area contributed by atoms with E-state index in [4.69, 9.17) is 34.2 Å². The molecule has 0 atom stereocenters. The van der Waals surface area contributed by atoms with Crippen molar-refractivity contribution in [3.8, 4) is 6.07 Å². The lowest BCUT2D eigenvalue weighted by Gasteiger charge is -2.10. The van der Waals surface area contributed by atoms with Crippen LogP contribution >= 0.6 is 23.2 Å². The second-order valence-corrected chi connectivity index (χ2v) is 4.57. The fourth-order valence-corrected chi connectivity index (χ4v) is 2.05. The number of rotatable bonds is 2. The molecule has 0 amide bonds. The van der Waals surface area contributed by atoms with Gasteiger partial charge in [-0.25, -0.2) is 0 Å². The monoisotopic (exact) mass is 277 g/mol. The van der Waals surface area contributed by atoms with Crippen LogP contribution < -0.4 is 11.1 Å². The van der Waals surface area contributed by atoms with Crippen LogP contribution in [0.2, 0.25) is 10.0 Å². The molecule has 3 nitrogen and oxygen atoms in total. The molecule has 3 N–H and O–H groups in total. The Morgan fingerprint density at radius 1 is 1.06 bits per heavy atom. The number of nitrogens with one attached hydrogen (secondary N) is 1. The second-order valence-electron chi connectivity index (χ2n) is 3.70. The lowest BCUT2D eigenvalue weighted by molar-refractivity contribution is 1.47. The number of anilines is 3. The van der Waals surface area contributed by atoms with Crippen molar-refractivity contribution in [2.45, 2.75) is 0 Å². The molecule has 5 heteroatoms. The summed E-state index contributed by atoms with van der Waals surface area (Å²) in [6.07, 6.45) is 0. The maximum Gasteiger partial charge on any atom is 0.0992 e. The van der Waals surface area contributed by atoms with Crippen LogP contribution in [0.1, 0.15) is 5.56 Å². The minimum atomic E-state index is 0.491. The molecule has 0 aliphatic heterocycles. The van der Waals surface area contributed by atoms with E-state index in [1.165, 1.54) is 0 Å². The number of hydrogen-bond acceptors (Lipinski definition) is 3. The molecule has 0 fully saturated rings. The average molecular weight is 278 g/mol. The Morgan fingerprint density at radius 2 is 1.72 bits per heavy atom. The zero-order valence-corrected chi connectivity index (χ0v) is 10.8. The van der Waals surface area contributed by atoms with Crippen LogP contribution in [-0.2, 0) is 0 Å². The Kier molecular flexibility index (Phi) is 3.61. The van der Waals surface area contributed by atoms with Crippen LogP contribution in [0, 0.1) is 11.3 Å². The molecular formula is C13H9Cl2N3. The third kappa shape index (κ3) is 2.86. The Bertz CT molecular complexity index is 612. The van der Waals surface area contributed by atoms with Crippen molar-refractivity contribution in [3.63, 3.8) is 0 Å². The third-order valence-corrected chi connectivity index (χ3v) is 2.76.